The van der Waals surface area contributed by atoms with E-state index in [0.29, 0.717) is 18.5 Å². The van der Waals surface area contributed by atoms with Gasteiger partial charge in [0.1, 0.15) is 0 Å². The summed E-state index contributed by atoms with van der Waals surface area (Å²) in [5, 5.41) is 5.20. The smallest absolute Gasteiger partial charge is 0.254 e. The molecule has 27 heavy (non-hydrogen) atoms. The van der Waals surface area contributed by atoms with Gasteiger partial charge in [-0.3, -0.25) is 14.5 Å². The molecule has 6 nitrogen and oxygen atoms in total. The number of pyridine rings is 2. The molecule has 6 heteroatoms. The third-order valence-electron chi connectivity index (χ3n) is 5.53. The van der Waals surface area contributed by atoms with Crippen LogP contribution in [0.25, 0.3) is 11.0 Å². The summed E-state index contributed by atoms with van der Waals surface area (Å²) < 4.78 is 1.77. The Morgan fingerprint density at radius 3 is 2.81 bits per heavy atom. The van der Waals surface area contributed by atoms with E-state index in [0.717, 1.165) is 60.1 Å². The van der Waals surface area contributed by atoms with Crippen molar-refractivity contribution in [2.24, 2.45) is 7.05 Å². The lowest BCUT2D eigenvalue weighted by Gasteiger charge is -2.23. The van der Waals surface area contributed by atoms with Gasteiger partial charge in [0.15, 0.2) is 5.65 Å². The van der Waals surface area contributed by atoms with Gasteiger partial charge in [0.05, 0.1) is 17.1 Å². The number of carbonyl (C=O) groups excluding carboxylic acids is 1. The van der Waals surface area contributed by atoms with Crippen molar-refractivity contribution in [2.75, 3.05) is 6.54 Å². The van der Waals surface area contributed by atoms with E-state index in [9.17, 15) is 4.79 Å². The van der Waals surface area contributed by atoms with Crippen molar-refractivity contribution in [3.05, 3.63) is 53.6 Å². The summed E-state index contributed by atoms with van der Waals surface area (Å²) in [6.45, 7) is 0.698. The highest BCUT2D eigenvalue weighted by molar-refractivity contribution is 6.05. The molecule has 3 aromatic heterocycles. The summed E-state index contributed by atoms with van der Waals surface area (Å²) in [6.07, 6.45) is 8.86. The van der Waals surface area contributed by atoms with E-state index in [4.69, 9.17) is 4.98 Å². The molecule has 0 N–H and O–H groups in total. The predicted molar refractivity (Wildman–Crippen MR) is 102 cm³/mol. The minimum atomic E-state index is 0.107. The van der Waals surface area contributed by atoms with Gasteiger partial charge in [-0.05, 0) is 43.9 Å². The van der Waals surface area contributed by atoms with Crippen molar-refractivity contribution in [1.29, 1.82) is 0 Å². The quantitative estimate of drug-likeness (QED) is 0.677. The molecule has 5 rings (SSSR count). The SMILES string of the molecule is Cn1ncc2c(C(=O)N(CCc3ccccn3)C3CC3)cc(C3CC3)nc21. The Labute approximate surface area is 158 Å². The number of rotatable bonds is 6. The molecule has 0 aliphatic heterocycles. The summed E-state index contributed by atoms with van der Waals surface area (Å²) in [4.78, 5) is 24.7. The molecule has 0 bridgehead atoms. The van der Waals surface area contributed by atoms with Crippen LogP contribution in [0.4, 0.5) is 0 Å². The normalized spacial score (nSPS) is 16.6. The maximum atomic E-state index is 13.5. The molecule has 2 aliphatic carbocycles. The topological polar surface area (TPSA) is 63.9 Å². The van der Waals surface area contributed by atoms with Gasteiger partial charge in [-0.15, -0.1) is 0 Å². The highest BCUT2D eigenvalue weighted by Crippen LogP contribution is 2.40. The van der Waals surface area contributed by atoms with Crippen LogP contribution in [-0.2, 0) is 13.5 Å². The third-order valence-corrected chi connectivity index (χ3v) is 5.53. The van der Waals surface area contributed by atoms with Crippen molar-refractivity contribution < 1.29 is 4.79 Å². The summed E-state index contributed by atoms with van der Waals surface area (Å²) in [5.41, 5.74) is 3.62. The molecule has 3 heterocycles. The van der Waals surface area contributed by atoms with Crippen LogP contribution in [0.2, 0.25) is 0 Å². The fraction of sp³-hybridized carbons (Fsp3) is 0.429. The third kappa shape index (κ3) is 3.20. The molecular formula is C21H23N5O. The van der Waals surface area contributed by atoms with Gasteiger partial charge < -0.3 is 4.90 Å². The number of fused-ring (bicyclic) bond motifs is 1. The summed E-state index contributed by atoms with van der Waals surface area (Å²) in [7, 11) is 1.89. The number of amides is 1. The Hall–Kier alpha value is -2.76. The van der Waals surface area contributed by atoms with Gasteiger partial charge in [0.2, 0.25) is 0 Å². The first-order valence-corrected chi connectivity index (χ1v) is 9.74. The Bertz CT molecular complexity index is 988. The van der Waals surface area contributed by atoms with Crippen molar-refractivity contribution in [2.45, 2.75) is 44.1 Å². The van der Waals surface area contributed by atoms with Crippen molar-refractivity contribution in [3.63, 3.8) is 0 Å². The summed E-state index contributed by atoms with van der Waals surface area (Å²) in [6, 6.07) is 8.30. The van der Waals surface area contributed by atoms with Gasteiger partial charge in [-0.1, -0.05) is 6.07 Å². The molecule has 0 atom stereocenters. The molecule has 2 aliphatic rings. The van der Waals surface area contributed by atoms with Crippen LogP contribution in [0, 0.1) is 0 Å². The van der Waals surface area contributed by atoms with Gasteiger partial charge in [-0.25, -0.2) is 4.98 Å². The van der Waals surface area contributed by atoms with E-state index in [1.165, 1.54) is 0 Å². The molecule has 3 aromatic rings. The maximum absolute atomic E-state index is 13.5. The lowest BCUT2D eigenvalue weighted by molar-refractivity contribution is 0.0746. The van der Waals surface area contributed by atoms with E-state index in [-0.39, 0.29) is 5.91 Å². The Morgan fingerprint density at radius 2 is 2.11 bits per heavy atom. The fourth-order valence-electron chi connectivity index (χ4n) is 3.67. The Morgan fingerprint density at radius 1 is 1.26 bits per heavy atom. The average Bonchev–Trinajstić information content (AvgIpc) is 3.61. The second-order valence-corrected chi connectivity index (χ2v) is 7.68. The van der Waals surface area contributed by atoms with E-state index in [1.807, 2.05) is 42.4 Å². The molecule has 0 saturated heterocycles. The Kier molecular flexibility index (Phi) is 3.92. The molecule has 2 fully saturated rings. The van der Waals surface area contributed by atoms with E-state index in [1.54, 1.807) is 10.9 Å². The highest BCUT2D eigenvalue weighted by Gasteiger charge is 2.35. The predicted octanol–water partition coefficient (Wildman–Crippen LogP) is 3.09. The average molecular weight is 361 g/mol. The zero-order chi connectivity index (χ0) is 18.4. The van der Waals surface area contributed by atoms with Crippen molar-refractivity contribution >= 4 is 16.9 Å². The second-order valence-electron chi connectivity index (χ2n) is 7.68. The number of nitrogens with zero attached hydrogens (tertiary/aromatic N) is 5. The first kappa shape index (κ1) is 16.4. The molecule has 1 amide bonds. The van der Waals surface area contributed by atoms with Gasteiger partial charge >= 0.3 is 0 Å². The molecule has 2 saturated carbocycles. The van der Waals surface area contributed by atoms with Crippen LogP contribution in [0.5, 0.6) is 0 Å². The molecule has 0 unspecified atom stereocenters. The van der Waals surface area contributed by atoms with Crippen molar-refractivity contribution in [3.8, 4) is 0 Å². The number of carbonyl (C=O) groups is 1. The van der Waals surface area contributed by atoms with E-state index in [2.05, 4.69) is 10.1 Å². The molecule has 0 aromatic carbocycles. The van der Waals surface area contributed by atoms with Crippen LogP contribution >= 0.6 is 0 Å². The number of aryl methyl sites for hydroxylation is 1. The van der Waals surface area contributed by atoms with E-state index >= 15 is 0 Å². The first-order valence-electron chi connectivity index (χ1n) is 9.74. The van der Waals surface area contributed by atoms with Crippen molar-refractivity contribution in [1.82, 2.24) is 24.6 Å². The van der Waals surface area contributed by atoms with Gasteiger partial charge in [0, 0.05) is 49.6 Å². The number of hydrogen-bond acceptors (Lipinski definition) is 4. The van der Waals surface area contributed by atoms with Crippen LogP contribution in [0.1, 0.15) is 53.3 Å². The van der Waals surface area contributed by atoms with Crippen LogP contribution in [-0.4, -0.2) is 43.1 Å². The zero-order valence-corrected chi connectivity index (χ0v) is 15.5. The number of hydrogen-bond donors (Lipinski definition) is 0. The lowest BCUT2D eigenvalue weighted by Crippen LogP contribution is -2.35. The number of aromatic nitrogens is 4. The minimum absolute atomic E-state index is 0.107. The fourth-order valence-corrected chi connectivity index (χ4v) is 3.67. The maximum Gasteiger partial charge on any atom is 0.254 e. The summed E-state index contributed by atoms with van der Waals surface area (Å²) in [5.74, 6) is 0.606. The second kappa shape index (κ2) is 6.44. The minimum Gasteiger partial charge on any atom is -0.335 e. The molecule has 0 radical (unpaired) electrons. The lowest BCUT2D eigenvalue weighted by atomic mass is 10.1. The Balaban J connectivity index is 1.47. The molecule has 138 valence electrons. The van der Waals surface area contributed by atoms with Crippen LogP contribution in [0.15, 0.2) is 36.7 Å². The monoisotopic (exact) mass is 361 g/mol. The van der Waals surface area contributed by atoms with Gasteiger partial charge in [-0.2, -0.15) is 5.10 Å². The summed E-state index contributed by atoms with van der Waals surface area (Å²) >= 11 is 0. The molecular weight excluding hydrogens is 338 g/mol. The van der Waals surface area contributed by atoms with Crippen LogP contribution < -0.4 is 0 Å². The molecule has 0 spiro atoms. The standard InChI is InChI=1S/C21H23N5O/c1-25-20-18(13-23-25)17(12-19(24-20)14-5-6-14)21(27)26(16-7-8-16)11-9-15-4-2-3-10-22-15/h2-4,10,12-14,16H,5-9,11H2,1H3. The first-order chi connectivity index (χ1) is 13.2. The zero-order valence-electron chi connectivity index (χ0n) is 15.5. The van der Waals surface area contributed by atoms with Gasteiger partial charge in [0.25, 0.3) is 5.91 Å². The largest absolute Gasteiger partial charge is 0.335 e. The van der Waals surface area contributed by atoms with E-state index < -0.39 is 0 Å². The van der Waals surface area contributed by atoms with Crippen LogP contribution in [0.3, 0.4) is 0 Å². The highest BCUT2D eigenvalue weighted by atomic mass is 16.2.